The minimum atomic E-state index is -0.0350. The van der Waals surface area contributed by atoms with Gasteiger partial charge in [-0.2, -0.15) is 0 Å². The molecule has 5 nitrogen and oxygen atoms in total. The zero-order chi connectivity index (χ0) is 16.5. The van der Waals surface area contributed by atoms with E-state index in [1.807, 2.05) is 31.3 Å². The van der Waals surface area contributed by atoms with Gasteiger partial charge in [0.05, 0.1) is 12.6 Å². The van der Waals surface area contributed by atoms with Crippen LogP contribution in [-0.2, 0) is 4.74 Å². The molecule has 0 bridgehead atoms. The van der Waals surface area contributed by atoms with Crippen molar-refractivity contribution in [3.63, 3.8) is 0 Å². The lowest BCUT2D eigenvalue weighted by Crippen LogP contribution is -2.42. The van der Waals surface area contributed by atoms with E-state index in [2.05, 4.69) is 11.4 Å². The fraction of sp³-hybridized carbons (Fsp3) is 0.526. The second-order valence-corrected chi connectivity index (χ2v) is 7.06. The Kier molecular flexibility index (Phi) is 4.19. The van der Waals surface area contributed by atoms with Gasteiger partial charge in [-0.1, -0.05) is 18.2 Å². The Hall–Kier alpha value is -2.01. The molecule has 4 rings (SSSR count). The average Bonchev–Trinajstić information content (AvgIpc) is 3.12. The van der Waals surface area contributed by atoms with Crippen molar-refractivity contribution in [2.24, 2.45) is 11.8 Å². The highest BCUT2D eigenvalue weighted by Crippen LogP contribution is 2.42. The molecule has 2 atom stereocenters. The number of carbonyl (C=O) groups excluding carboxylic acids is 1. The molecule has 1 saturated heterocycles. The Morgan fingerprint density at radius 3 is 2.88 bits per heavy atom. The van der Waals surface area contributed by atoms with Crippen LogP contribution in [0.1, 0.15) is 31.1 Å². The highest BCUT2D eigenvalue weighted by Gasteiger charge is 2.36. The van der Waals surface area contributed by atoms with E-state index < -0.39 is 0 Å². The average molecular weight is 328 g/mol. The van der Waals surface area contributed by atoms with E-state index in [4.69, 9.17) is 9.15 Å². The van der Waals surface area contributed by atoms with Crippen LogP contribution in [0.15, 0.2) is 34.7 Å². The maximum Gasteiger partial charge on any atom is 0.317 e. The molecule has 1 aliphatic heterocycles. The molecule has 2 heterocycles. The third kappa shape index (κ3) is 3.26. The molecular formula is C19H24N2O3. The van der Waals surface area contributed by atoms with Crippen molar-refractivity contribution in [3.05, 3.63) is 36.1 Å². The van der Waals surface area contributed by atoms with Gasteiger partial charge >= 0.3 is 6.03 Å². The van der Waals surface area contributed by atoms with Crippen LogP contribution in [-0.4, -0.2) is 37.7 Å². The van der Waals surface area contributed by atoms with Crippen LogP contribution in [0.4, 0.5) is 4.79 Å². The largest absolute Gasteiger partial charge is 0.459 e. The summed E-state index contributed by atoms with van der Waals surface area (Å²) >= 11 is 0. The third-order valence-corrected chi connectivity index (χ3v) is 5.03. The number of furan rings is 1. The third-order valence-electron chi connectivity index (χ3n) is 5.03. The molecule has 0 unspecified atom stereocenters. The number of rotatable bonds is 5. The van der Waals surface area contributed by atoms with Crippen molar-refractivity contribution in [2.45, 2.75) is 25.3 Å². The van der Waals surface area contributed by atoms with Crippen LogP contribution in [0.5, 0.6) is 0 Å². The minimum absolute atomic E-state index is 0.0285. The Morgan fingerprint density at radius 1 is 1.33 bits per heavy atom. The summed E-state index contributed by atoms with van der Waals surface area (Å²) < 4.78 is 11.4. The van der Waals surface area contributed by atoms with E-state index in [1.54, 1.807) is 4.90 Å². The zero-order valence-corrected chi connectivity index (χ0v) is 14.0. The topological polar surface area (TPSA) is 54.7 Å². The molecule has 24 heavy (non-hydrogen) atoms. The molecule has 2 aliphatic rings. The van der Waals surface area contributed by atoms with Crippen LogP contribution in [0.2, 0.25) is 0 Å². The predicted octanol–water partition coefficient (Wildman–Crippen LogP) is 3.56. The molecule has 1 aliphatic carbocycles. The molecule has 1 saturated carbocycles. The first kappa shape index (κ1) is 15.5. The van der Waals surface area contributed by atoms with Gasteiger partial charge in [-0.25, -0.2) is 4.79 Å². The normalized spacial score (nSPS) is 21.8. The number of ether oxygens (including phenoxy) is 1. The number of nitrogens with zero attached hydrogens (tertiary/aromatic N) is 1. The maximum absolute atomic E-state index is 12.6. The number of amides is 2. The lowest BCUT2D eigenvalue weighted by atomic mass is 10.1. The highest BCUT2D eigenvalue weighted by atomic mass is 16.5. The molecule has 1 N–H and O–H groups in total. The summed E-state index contributed by atoms with van der Waals surface area (Å²) in [5, 5.41) is 4.27. The number of benzene rings is 1. The monoisotopic (exact) mass is 328 g/mol. The van der Waals surface area contributed by atoms with Gasteiger partial charge in [-0.3, -0.25) is 0 Å². The number of hydrogen-bond donors (Lipinski definition) is 1. The van der Waals surface area contributed by atoms with Crippen molar-refractivity contribution in [3.8, 4) is 0 Å². The highest BCUT2D eigenvalue weighted by molar-refractivity contribution is 5.78. The fourth-order valence-corrected chi connectivity index (χ4v) is 3.45. The van der Waals surface area contributed by atoms with Crippen molar-refractivity contribution in [2.75, 3.05) is 26.8 Å². The predicted molar refractivity (Wildman–Crippen MR) is 91.8 cm³/mol. The molecule has 128 valence electrons. The molecule has 1 aromatic carbocycles. The zero-order valence-electron chi connectivity index (χ0n) is 14.0. The van der Waals surface area contributed by atoms with Crippen molar-refractivity contribution in [1.29, 1.82) is 0 Å². The molecule has 5 heteroatoms. The first-order valence-electron chi connectivity index (χ1n) is 8.78. The SMILES string of the molecule is CN(C[C@H]1CCOC1)C(=O)N[C@H](c1cc2ccccc2o1)C1CC1. The minimum Gasteiger partial charge on any atom is -0.459 e. The Balaban J connectivity index is 1.46. The number of nitrogens with one attached hydrogen (secondary N) is 1. The number of hydrogen-bond acceptors (Lipinski definition) is 3. The molecule has 0 spiro atoms. The lowest BCUT2D eigenvalue weighted by Gasteiger charge is -2.24. The lowest BCUT2D eigenvalue weighted by molar-refractivity contribution is 0.169. The Morgan fingerprint density at radius 2 is 2.17 bits per heavy atom. The summed E-state index contributed by atoms with van der Waals surface area (Å²) in [5.41, 5.74) is 0.879. The van der Waals surface area contributed by atoms with Gasteiger partial charge in [0.2, 0.25) is 0 Å². The van der Waals surface area contributed by atoms with E-state index in [0.29, 0.717) is 11.8 Å². The van der Waals surface area contributed by atoms with Gasteiger partial charge in [0, 0.05) is 31.5 Å². The molecule has 2 amide bonds. The van der Waals surface area contributed by atoms with Gasteiger partial charge < -0.3 is 19.4 Å². The standard InChI is InChI=1S/C19H24N2O3/c1-21(11-13-8-9-23-12-13)19(22)20-18(14-6-7-14)17-10-15-4-2-3-5-16(15)24-17/h2-5,10,13-14,18H,6-9,11-12H2,1H3,(H,20,22)/t13-,18+/m1/s1. The Labute approximate surface area is 141 Å². The van der Waals surface area contributed by atoms with Gasteiger partial charge in [0.15, 0.2) is 0 Å². The quantitative estimate of drug-likeness (QED) is 0.913. The first-order valence-corrected chi connectivity index (χ1v) is 8.78. The second kappa shape index (κ2) is 6.48. The van der Waals surface area contributed by atoms with E-state index in [1.165, 1.54) is 0 Å². The van der Waals surface area contributed by atoms with E-state index in [0.717, 1.165) is 55.8 Å². The van der Waals surface area contributed by atoms with E-state index >= 15 is 0 Å². The van der Waals surface area contributed by atoms with Crippen molar-refractivity contribution >= 4 is 17.0 Å². The van der Waals surface area contributed by atoms with Crippen LogP contribution >= 0.6 is 0 Å². The number of urea groups is 1. The summed E-state index contributed by atoms with van der Waals surface area (Å²) in [4.78, 5) is 14.4. The summed E-state index contributed by atoms with van der Waals surface area (Å²) in [5.74, 6) is 1.80. The molecule has 2 fully saturated rings. The molecular weight excluding hydrogens is 304 g/mol. The van der Waals surface area contributed by atoms with E-state index in [9.17, 15) is 4.79 Å². The fourth-order valence-electron chi connectivity index (χ4n) is 3.45. The van der Waals surface area contributed by atoms with E-state index in [-0.39, 0.29) is 12.1 Å². The number of para-hydroxylation sites is 1. The van der Waals surface area contributed by atoms with Gasteiger partial charge in [0.1, 0.15) is 11.3 Å². The summed E-state index contributed by atoms with van der Waals surface area (Å²) in [6, 6.07) is 9.98. The molecule has 2 aromatic rings. The van der Waals surface area contributed by atoms with Crippen LogP contribution < -0.4 is 5.32 Å². The van der Waals surface area contributed by atoms with Crippen LogP contribution in [0, 0.1) is 11.8 Å². The van der Waals surface area contributed by atoms with Gasteiger partial charge in [-0.15, -0.1) is 0 Å². The van der Waals surface area contributed by atoms with Crippen LogP contribution in [0.25, 0.3) is 11.0 Å². The van der Waals surface area contributed by atoms with Crippen molar-refractivity contribution < 1.29 is 13.9 Å². The summed E-state index contributed by atoms with van der Waals surface area (Å²) in [7, 11) is 1.86. The number of fused-ring (bicyclic) bond motifs is 1. The summed E-state index contributed by atoms with van der Waals surface area (Å²) in [6.45, 7) is 2.31. The van der Waals surface area contributed by atoms with Crippen LogP contribution in [0.3, 0.4) is 0 Å². The first-order chi connectivity index (χ1) is 11.7. The maximum atomic E-state index is 12.6. The van der Waals surface area contributed by atoms with Crippen molar-refractivity contribution in [1.82, 2.24) is 10.2 Å². The van der Waals surface area contributed by atoms with Gasteiger partial charge in [-0.05, 0) is 37.3 Å². The summed E-state index contributed by atoms with van der Waals surface area (Å²) in [6.07, 6.45) is 3.32. The smallest absolute Gasteiger partial charge is 0.317 e. The molecule has 0 radical (unpaired) electrons. The molecule has 1 aromatic heterocycles. The van der Waals surface area contributed by atoms with Gasteiger partial charge in [0.25, 0.3) is 0 Å². The second-order valence-electron chi connectivity index (χ2n) is 7.06. The Bertz CT molecular complexity index is 683. The number of carbonyl (C=O) groups is 1.